The van der Waals surface area contributed by atoms with E-state index >= 15 is 0 Å². The van der Waals surface area contributed by atoms with Gasteiger partial charge >= 0.3 is 6.03 Å². The highest BCUT2D eigenvalue weighted by Crippen LogP contribution is 2.66. The van der Waals surface area contributed by atoms with E-state index in [2.05, 4.69) is 0 Å². The number of likely N-dealkylation sites (tertiary alicyclic amines) is 1. The second kappa shape index (κ2) is 9.02. The molecule has 1 saturated carbocycles. The van der Waals surface area contributed by atoms with Crippen LogP contribution >= 0.6 is 23.2 Å². The van der Waals surface area contributed by atoms with Crippen LogP contribution < -0.4 is 15.4 Å². The molecule has 3 N–H and O–H groups in total. The van der Waals surface area contributed by atoms with Crippen LogP contribution in [0.25, 0.3) is 0 Å². The number of primary amides is 1. The summed E-state index contributed by atoms with van der Waals surface area (Å²) >= 11 is 14.4. The Kier molecular flexibility index (Phi) is 5.99. The van der Waals surface area contributed by atoms with Crippen LogP contribution in [0.2, 0.25) is 0 Å². The SMILES string of the molecule is COc1ccc([C@H]2C3=CC[C@@H]4C(=O)N(C(N)=O)C(=O)[C@@H]4[C@@H]3C[C@@]3(Cl)C(=O)N(c4ccc(F)cc4)C(=O)[C@@]23Cl)cc1O. The molecule has 6 amide bonds. The smallest absolute Gasteiger partial charge is 0.328 e. The molecule has 4 aliphatic rings. The van der Waals surface area contributed by atoms with Crippen molar-refractivity contribution in [2.75, 3.05) is 12.0 Å². The number of phenolic OH excluding ortho intramolecular Hbond substituents is 1. The summed E-state index contributed by atoms with van der Waals surface area (Å²) in [7, 11) is 1.36. The Labute approximate surface area is 242 Å². The average Bonchev–Trinajstić information content (AvgIpc) is 3.27. The van der Waals surface area contributed by atoms with Crippen LogP contribution in [-0.4, -0.2) is 56.5 Å². The van der Waals surface area contributed by atoms with E-state index in [1.165, 1.54) is 31.4 Å². The number of carbonyl (C=O) groups is 5. The molecule has 2 aliphatic carbocycles. The molecule has 2 aromatic carbocycles. The molecular formula is C28H22Cl2FN3O7. The molecule has 3 fully saturated rings. The molecule has 0 spiro atoms. The molecule has 13 heteroatoms. The molecule has 2 aromatic rings. The summed E-state index contributed by atoms with van der Waals surface area (Å²) in [6.07, 6.45) is 1.39. The minimum absolute atomic E-state index is 0.0361. The predicted octanol–water partition coefficient (Wildman–Crippen LogP) is 3.18. The molecule has 0 unspecified atom stereocenters. The van der Waals surface area contributed by atoms with E-state index in [1.807, 2.05) is 0 Å². The molecule has 10 nitrogen and oxygen atoms in total. The van der Waals surface area contributed by atoms with Crippen molar-refractivity contribution >= 4 is 58.5 Å². The van der Waals surface area contributed by atoms with Crippen molar-refractivity contribution in [2.45, 2.75) is 28.5 Å². The van der Waals surface area contributed by atoms with Crippen molar-refractivity contribution in [1.29, 1.82) is 0 Å². The summed E-state index contributed by atoms with van der Waals surface area (Å²) in [6, 6.07) is 7.75. The standard InChI is InChI=1S/C28H22Cl2FN3O7/c1-41-19-9-2-12(10-18(19)35)21-15-7-8-16-20(23(37)34(22(16)36)26(32)40)17(15)11-27(29)24(38)33(25(39)28(21,27)30)14-5-3-13(31)4-6-14/h2-7,9-10,16-17,20-21,35H,8,11H2,1H3,(H2,32,40)/t16-,17+,20-,21-,27+,28-/m0/s1. The number of benzene rings is 2. The lowest BCUT2D eigenvalue weighted by Gasteiger charge is -2.50. The number of methoxy groups -OCH3 is 1. The summed E-state index contributed by atoms with van der Waals surface area (Å²) in [5.41, 5.74) is 6.12. The summed E-state index contributed by atoms with van der Waals surface area (Å²) < 4.78 is 18.9. The highest BCUT2D eigenvalue weighted by molar-refractivity contribution is 6.58. The Bertz CT molecular complexity index is 1600. The zero-order valence-electron chi connectivity index (χ0n) is 21.3. The first-order valence-corrected chi connectivity index (χ1v) is 13.4. The van der Waals surface area contributed by atoms with Gasteiger partial charge in [-0.2, -0.15) is 4.90 Å². The van der Waals surface area contributed by atoms with Crippen LogP contribution in [0.5, 0.6) is 11.5 Å². The first-order chi connectivity index (χ1) is 19.4. The Morgan fingerprint density at radius 1 is 1.05 bits per heavy atom. The predicted molar refractivity (Wildman–Crippen MR) is 143 cm³/mol. The summed E-state index contributed by atoms with van der Waals surface area (Å²) in [5, 5.41) is 10.6. The van der Waals surface area contributed by atoms with Crippen molar-refractivity contribution in [3.8, 4) is 11.5 Å². The second-order valence-electron chi connectivity index (χ2n) is 10.5. The van der Waals surface area contributed by atoms with Crippen LogP contribution in [0.1, 0.15) is 24.3 Å². The van der Waals surface area contributed by atoms with Crippen molar-refractivity contribution < 1.29 is 38.2 Å². The Balaban J connectivity index is 1.57. The number of urea groups is 1. The average molecular weight is 602 g/mol. The van der Waals surface area contributed by atoms with Crippen LogP contribution in [0, 0.1) is 23.6 Å². The topological polar surface area (TPSA) is 147 Å². The number of alkyl halides is 2. The van der Waals surface area contributed by atoms with Gasteiger partial charge in [0.1, 0.15) is 5.82 Å². The lowest BCUT2D eigenvalue weighted by atomic mass is 9.56. The normalized spacial score (nSPS) is 32.4. The molecule has 0 bridgehead atoms. The monoisotopic (exact) mass is 601 g/mol. The molecule has 41 heavy (non-hydrogen) atoms. The number of anilines is 1. The number of allylic oxidation sites excluding steroid dienone is 2. The van der Waals surface area contributed by atoms with Gasteiger partial charge in [-0.15, -0.1) is 23.2 Å². The van der Waals surface area contributed by atoms with Crippen molar-refractivity contribution in [3.05, 3.63) is 65.5 Å². The Hall–Kier alpha value is -3.96. The van der Waals surface area contributed by atoms with Gasteiger partial charge in [0.25, 0.3) is 11.8 Å². The third kappa shape index (κ3) is 3.45. The number of carbonyl (C=O) groups excluding carboxylic acids is 5. The van der Waals surface area contributed by atoms with Crippen molar-refractivity contribution in [2.24, 2.45) is 23.5 Å². The third-order valence-corrected chi connectivity index (χ3v) is 10.1. The number of halogens is 3. The lowest BCUT2D eigenvalue weighted by molar-refractivity contribution is -0.136. The maximum Gasteiger partial charge on any atom is 0.328 e. The largest absolute Gasteiger partial charge is 0.504 e. The highest BCUT2D eigenvalue weighted by Gasteiger charge is 2.76. The second-order valence-corrected chi connectivity index (χ2v) is 11.8. The zero-order chi connectivity index (χ0) is 29.6. The number of aromatic hydroxyl groups is 1. The highest BCUT2D eigenvalue weighted by atomic mass is 35.5. The van der Waals surface area contributed by atoms with Crippen molar-refractivity contribution in [1.82, 2.24) is 4.90 Å². The van der Waals surface area contributed by atoms with E-state index in [0.717, 1.165) is 17.0 Å². The van der Waals surface area contributed by atoms with E-state index in [-0.39, 0.29) is 30.0 Å². The van der Waals surface area contributed by atoms with Gasteiger partial charge in [-0.05, 0) is 60.7 Å². The molecule has 212 valence electrons. The van der Waals surface area contributed by atoms with Gasteiger partial charge in [-0.1, -0.05) is 17.7 Å². The molecule has 2 saturated heterocycles. The number of fused-ring (bicyclic) bond motifs is 4. The number of rotatable bonds is 3. The Morgan fingerprint density at radius 2 is 1.73 bits per heavy atom. The number of hydrogen-bond acceptors (Lipinski definition) is 7. The lowest BCUT2D eigenvalue weighted by Crippen LogP contribution is -2.60. The van der Waals surface area contributed by atoms with Crippen molar-refractivity contribution in [3.63, 3.8) is 0 Å². The quantitative estimate of drug-likeness (QED) is 0.312. The first kappa shape index (κ1) is 27.2. The van der Waals surface area contributed by atoms with E-state index in [4.69, 9.17) is 33.7 Å². The molecule has 0 aromatic heterocycles. The van der Waals surface area contributed by atoms with Gasteiger partial charge in [0.2, 0.25) is 11.8 Å². The fraction of sp³-hybridized carbons (Fsp3) is 0.321. The fourth-order valence-corrected chi connectivity index (χ4v) is 7.81. The summed E-state index contributed by atoms with van der Waals surface area (Å²) in [4.78, 5) is 63.6. The molecule has 6 rings (SSSR count). The van der Waals surface area contributed by atoms with Gasteiger partial charge in [-0.25, -0.2) is 14.1 Å². The number of amides is 6. The van der Waals surface area contributed by atoms with Gasteiger partial charge in [-0.3, -0.25) is 19.2 Å². The molecule has 6 atom stereocenters. The van der Waals surface area contributed by atoms with E-state index in [0.29, 0.717) is 16.0 Å². The zero-order valence-corrected chi connectivity index (χ0v) is 22.9. The third-order valence-electron chi connectivity index (χ3n) is 8.65. The summed E-state index contributed by atoms with van der Waals surface area (Å²) in [5.74, 6) is -8.16. The maximum atomic E-state index is 14.2. The van der Waals surface area contributed by atoms with Gasteiger partial charge in [0.15, 0.2) is 21.2 Å². The van der Waals surface area contributed by atoms with Crippen LogP contribution in [0.3, 0.4) is 0 Å². The molecule has 2 heterocycles. The van der Waals surface area contributed by atoms with Crippen LogP contribution in [-0.2, 0) is 19.2 Å². The number of nitrogens with two attached hydrogens (primary N) is 1. The number of imide groups is 4. The molecular weight excluding hydrogens is 580 g/mol. The van der Waals surface area contributed by atoms with Crippen LogP contribution in [0.15, 0.2) is 54.1 Å². The van der Waals surface area contributed by atoms with Gasteiger partial charge in [0, 0.05) is 5.92 Å². The van der Waals surface area contributed by atoms with E-state index in [1.54, 1.807) is 12.1 Å². The van der Waals surface area contributed by atoms with Crippen LogP contribution in [0.4, 0.5) is 14.9 Å². The van der Waals surface area contributed by atoms with E-state index < -0.39 is 68.9 Å². The molecule has 0 radical (unpaired) electrons. The number of nitrogens with zero attached hydrogens (tertiary/aromatic N) is 2. The number of phenols is 1. The minimum Gasteiger partial charge on any atom is -0.504 e. The Morgan fingerprint density at radius 3 is 2.34 bits per heavy atom. The van der Waals surface area contributed by atoms with E-state index in [9.17, 15) is 33.5 Å². The maximum absolute atomic E-state index is 14.2. The summed E-state index contributed by atoms with van der Waals surface area (Å²) in [6.45, 7) is 0. The minimum atomic E-state index is -2.16. The van der Waals surface area contributed by atoms with Gasteiger partial charge < -0.3 is 15.6 Å². The number of ether oxygens (including phenoxy) is 1. The fourth-order valence-electron chi connectivity index (χ4n) is 6.88. The molecule has 2 aliphatic heterocycles. The van der Waals surface area contributed by atoms with Gasteiger partial charge in [0.05, 0.1) is 24.6 Å². The number of hydrogen-bond donors (Lipinski definition) is 2. The first-order valence-electron chi connectivity index (χ1n) is 12.6.